The van der Waals surface area contributed by atoms with Crippen LogP contribution in [-0.2, 0) is 6.54 Å². The second-order valence-corrected chi connectivity index (χ2v) is 6.35. The van der Waals surface area contributed by atoms with Gasteiger partial charge in [0.25, 0.3) is 11.2 Å². The van der Waals surface area contributed by atoms with Crippen LogP contribution in [0, 0.1) is 0 Å². The predicted molar refractivity (Wildman–Crippen MR) is 95.6 cm³/mol. The highest BCUT2D eigenvalue weighted by Gasteiger charge is 2.38. The first-order valence-corrected chi connectivity index (χ1v) is 8.37. The Bertz CT molecular complexity index is 1260. The summed E-state index contributed by atoms with van der Waals surface area (Å²) in [4.78, 5) is 4.53. The molecule has 0 aliphatic carbocycles. The second kappa shape index (κ2) is 4.57. The van der Waals surface area contributed by atoms with E-state index in [2.05, 4.69) is 68.7 Å². The van der Waals surface area contributed by atoms with E-state index in [0.717, 1.165) is 40.6 Å². The molecule has 25 heavy (non-hydrogen) atoms. The molecule has 4 heteroatoms. The minimum atomic E-state index is 0.800. The smallest absolute Gasteiger partial charge is 0.378 e. The molecule has 0 saturated carbocycles. The quantitative estimate of drug-likeness (QED) is 0.427. The Balaban J connectivity index is 1.78. The molecule has 0 radical (unpaired) electrons. The first-order chi connectivity index (χ1) is 12.4. The summed E-state index contributed by atoms with van der Waals surface area (Å²) < 4.78 is 10.8. The standard InChI is InChI=1S/C21H14N3O/c1-2-8-15(9-3-1)24-17-11-5-4-10-16(17)19-21(24)25-20-18-14(13-23(19)20)7-6-12-22-18/h1-12H,13H2/q+1. The molecule has 6 rings (SSSR count). The van der Waals surface area contributed by atoms with Crippen molar-refractivity contribution in [3.8, 4) is 17.3 Å². The summed E-state index contributed by atoms with van der Waals surface area (Å²) in [6.45, 7) is 0.800. The third-order valence-electron chi connectivity index (χ3n) is 4.95. The maximum absolute atomic E-state index is 6.37. The Labute approximate surface area is 143 Å². The highest BCUT2D eigenvalue weighted by Crippen LogP contribution is 2.36. The van der Waals surface area contributed by atoms with Gasteiger partial charge in [-0.25, -0.2) is 4.98 Å². The number of nitrogens with zero attached hydrogens (tertiary/aromatic N) is 3. The molecule has 2 aromatic carbocycles. The number of rotatable bonds is 1. The first-order valence-electron chi connectivity index (χ1n) is 8.37. The van der Waals surface area contributed by atoms with E-state index in [1.807, 2.05) is 18.3 Å². The van der Waals surface area contributed by atoms with Gasteiger partial charge < -0.3 is 4.42 Å². The fourth-order valence-corrected chi connectivity index (χ4v) is 3.89. The summed E-state index contributed by atoms with van der Waals surface area (Å²) in [6.07, 6.45) is 1.82. The summed E-state index contributed by atoms with van der Waals surface area (Å²) >= 11 is 0. The van der Waals surface area contributed by atoms with Gasteiger partial charge in [-0.2, -0.15) is 0 Å². The van der Waals surface area contributed by atoms with Gasteiger partial charge in [-0.1, -0.05) is 30.3 Å². The number of fused-ring (bicyclic) bond motifs is 7. The summed E-state index contributed by atoms with van der Waals surface area (Å²) in [7, 11) is 0. The van der Waals surface area contributed by atoms with Crippen molar-refractivity contribution in [2.75, 3.05) is 0 Å². The van der Waals surface area contributed by atoms with Gasteiger partial charge >= 0.3 is 5.89 Å². The van der Waals surface area contributed by atoms with Gasteiger partial charge in [0.05, 0.1) is 16.5 Å². The fourth-order valence-electron chi connectivity index (χ4n) is 3.89. The molecule has 0 fully saturated rings. The van der Waals surface area contributed by atoms with Crippen molar-refractivity contribution in [2.24, 2.45) is 0 Å². The van der Waals surface area contributed by atoms with Gasteiger partial charge in [0.2, 0.25) is 0 Å². The highest BCUT2D eigenvalue weighted by atomic mass is 16.4. The Morgan fingerprint density at radius 1 is 0.920 bits per heavy atom. The van der Waals surface area contributed by atoms with Crippen LogP contribution in [0.1, 0.15) is 5.56 Å². The third-order valence-corrected chi connectivity index (χ3v) is 4.95. The molecule has 0 amide bonds. The van der Waals surface area contributed by atoms with Crippen molar-refractivity contribution < 1.29 is 8.98 Å². The summed E-state index contributed by atoms with van der Waals surface area (Å²) in [5.74, 6) is 0.844. The van der Waals surface area contributed by atoms with Crippen LogP contribution in [0.2, 0.25) is 0 Å². The second-order valence-electron chi connectivity index (χ2n) is 6.35. The van der Waals surface area contributed by atoms with Crippen molar-refractivity contribution in [1.29, 1.82) is 0 Å². The predicted octanol–water partition coefficient (Wildman–Crippen LogP) is 4.09. The maximum Gasteiger partial charge on any atom is 0.402 e. The molecule has 1 aliphatic rings. The largest absolute Gasteiger partial charge is 0.402 e. The van der Waals surface area contributed by atoms with Gasteiger partial charge in [0, 0.05) is 11.9 Å². The zero-order valence-corrected chi connectivity index (χ0v) is 13.4. The average Bonchev–Trinajstić information content (AvgIpc) is 3.29. The van der Waals surface area contributed by atoms with Crippen molar-refractivity contribution in [3.63, 3.8) is 0 Å². The Morgan fingerprint density at radius 3 is 2.68 bits per heavy atom. The Kier molecular flexibility index (Phi) is 2.37. The van der Waals surface area contributed by atoms with Crippen molar-refractivity contribution >= 4 is 22.1 Å². The topological polar surface area (TPSA) is 34.8 Å². The molecule has 0 saturated heterocycles. The third kappa shape index (κ3) is 1.61. The number of oxazole rings is 1. The number of benzene rings is 2. The zero-order valence-electron chi connectivity index (χ0n) is 13.4. The van der Waals surface area contributed by atoms with Crippen LogP contribution in [0.4, 0.5) is 0 Å². The minimum absolute atomic E-state index is 0.800. The van der Waals surface area contributed by atoms with Crippen LogP contribution in [0.5, 0.6) is 0 Å². The molecule has 3 aromatic heterocycles. The van der Waals surface area contributed by atoms with Gasteiger partial charge in [-0.15, -0.1) is 4.57 Å². The SMILES string of the molecule is c1ccc(-n2c3ccccc3c3c2oc2[n+]3Cc3cccnc3-2)cc1. The van der Waals surface area contributed by atoms with E-state index >= 15 is 0 Å². The van der Waals surface area contributed by atoms with Crippen LogP contribution >= 0.6 is 0 Å². The van der Waals surface area contributed by atoms with Crippen LogP contribution in [0.3, 0.4) is 0 Å². The van der Waals surface area contributed by atoms with Crippen molar-refractivity contribution in [1.82, 2.24) is 9.55 Å². The van der Waals surface area contributed by atoms with Gasteiger partial charge in [0.15, 0.2) is 12.2 Å². The number of para-hydroxylation sites is 2. The maximum atomic E-state index is 6.37. The molecule has 0 spiro atoms. The molecule has 1 aliphatic heterocycles. The van der Waals surface area contributed by atoms with Crippen molar-refractivity contribution in [3.05, 3.63) is 78.5 Å². The van der Waals surface area contributed by atoms with E-state index in [0.29, 0.717) is 0 Å². The average molecular weight is 324 g/mol. The van der Waals surface area contributed by atoms with Crippen LogP contribution < -0.4 is 4.57 Å². The lowest BCUT2D eigenvalue weighted by molar-refractivity contribution is -0.648. The van der Waals surface area contributed by atoms with E-state index < -0.39 is 0 Å². The molecule has 0 bridgehead atoms. The fraction of sp³-hybridized carbons (Fsp3) is 0.0476. The van der Waals surface area contributed by atoms with E-state index in [9.17, 15) is 0 Å². The number of aromatic nitrogens is 3. The summed E-state index contributed by atoms with van der Waals surface area (Å²) in [6, 6.07) is 22.9. The normalized spacial score (nSPS) is 12.6. The van der Waals surface area contributed by atoms with E-state index in [1.54, 1.807) is 0 Å². The molecule has 5 aromatic rings. The lowest BCUT2D eigenvalue weighted by atomic mass is 10.2. The Morgan fingerprint density at radius 2 is 1.76 bits per heavy atom. The Hall–Kier alpha value is -3.40. The molecule has 0 atom stereocenters. The monoisotopic (exact) mass is 324 g/mol. The van der Waals surface area contributed by atoms with Gasteiger partial charge in [0.1, 0.15) is 0 Å². The van der Waals surface area contributed by atoms with E-state index in [4.69, 9.17) is 4.42 Å². The molecule has 4 heterocycles. The molecule has 118 valence electrons. The molecule has 4 nitrogen and oxygen atoms in total. The van der Waals surface area contributed by atoms with E-state index in [-0.39, 0.29) is 0 Å². The zero-order chi connectivity index (χ0) is 16.4. The summed E-state index contributed by atoms with van der Waals surface area (Å²) in [5.41, 5.74) is 6.41. The molecular weight excluding hydrogens is 310 g/mol. The van der Waals surface area contributed by atoms with Gasteiger partial charge in [-0.3, -0.25) is 4.57 Å². The van der Waals surface area contributed by atoms with Gasteiger partial charge in [-0.05, 0) is 36.4 Å². The number of hydrogen-bond donors (Lipinski definition) is 0. The summed E-state index contributed by atoms with van der Waals surface area (Å²) in [5, 5.41) is 1.20. The van der Waals surface area contributed by atoms with Crippen LogP contribution in [0.15, 0.2) is 77.3 Å². The van der Waals surface area contributed by atoms with Crippen LogP contribution in [-0.4, -0.2) is 9.55 Å². The minimum Gasteiger partial charge on any atom is -0.378 e. The molecule has 0 N–H and O–H groups in total. The van der Waals surface area contributed by atoms with Crippen LogP contribution in [0.25, 0.3) is 39.4 Å². The van der Waals surface area contributed by atoms with Crippen molar-refractivity contribution in [2.45, 2.75) is 6.54 Å². The lowest BCUT2D eigenvalue weighted by Crippen LogP contribution is -2.30. The number of pyridine rings is 1. The lowest BCUT2D eigenvalue weighted by Gasteiger charge is -2.04. The molecular formula is C21H14N3O+. The first kappa shape index (κ1) is 13.0. The molecule has 0 unspecified atom stereocenters. The van der Waals surface area contributed by atoms with E-state index in [1.165, 1.54) is 10.9 Å². The highest BCUT2D eigenvalue weighted by molar-refractivity contribution is 6.03. The number of hydrogen-bond acceptors (Lipinski definition) is 2.